The van der Waals surface area contributed by atoms with Crippen molar-refractivity contribution >= 4 is 21.7 Å². The average molecular weight is 271 g/mol. The molecule has 1 aromatic rings. The number of hydrogen-bond donors (Lipinski definition) is 0. The van der Waals surface area contributed by atoms with Gasteiger partial charge in [-0.05, 0) is 47.8 Å². The molecule has 0 aromatic carbocycles. The minimum absolute atomic E-state index is 0.471. The Balaban J connectivity index is 2.94. The molecule has 0 N–H and O–H groups in total. The summed E-state index contributed by atoms with van der Waals surface area (Å²) in [6, 6.07) is 4.46. The summed E-state index contributed by atoms with van der Waals surface area (Å²) in [4.78, 5) is 6.76. The molecule has 0 amide bonds. The molecule has 1 heterocycles. The Kier molecular flexibility index (Phi) is 4.58. The topological polar surface area (TPSA) is 16.1 Å². The van der Waals surface area contributed by atoms with Gasteiger partial charge < -0.3 is 4.90 Å². The number of hydrogen-bond acceptors (Lipinski definition) is 2. The van der Waals surface area contributed by atoms with Gasteiger partial charge >= 0.3 is 0 Å². The van der Waals surface area contributed by atoms with E-state index in [2.05, 4.69) is 53.5 Å². The van der Waals surface area contributed by atoms with Crippen LogP contribution in [0.2, 0.25) is 0 Å². The predicted octanol–water partition coefficient (Wildman–Crippen LogP) is 3.71. The van der Waals surface area contributed by atoms with Crippen LogP contribution < -0.4 is 4.90 Å². The van der Waals surface area contributed by atoms with E-state index < -0.39 is 0 Å². The molecule has 0 spiro atoms. The molecule has 0 radical (unpaired) electrons. The van der Waals surface area contributed by atoms with E-state index >= 15 is 0 Å². The summed E-state index contributed by atoms with van der Waals surface area (Å²) in [6.45, 7) is 9.89. The molecule has 2 nitrogen and oxygen atoms in total. The van der Waals surface area contributed by atoms with Crippen molar-refractivity contribution in [1.29, 1.82) is 0 Å². The van der Waals surface area contributed by atoms with Gasteiger partial charge in [0, 0.05) is 18.8 Å². The Morgan fingerprint density at radius 3 is 2.47 bits per heavy atom. The molecule has 0 saturated heterocycles. The lowest BCUT2D eigenvalue weighted by molar-refractivity contribution is 0.565. The monoisotopic (exact) mass is 270 g/mol. The molecule has 0 atom stereocenters. The molecule has 0 unspecified atom stereocenters. The second-order valence-electron chi connectivity index (χ2n) is 4.45. The van der Waals surface area contributed by atoms with Crippen LogP contribution >= 0.6 is 15.9 Å². The maximum absolute atomic E-state index is 4.43. The summed E-state index contributed by atoms with van der Waals surface area (Å²) in [6.07, 6.45) is 1.84. The second kappa shape index (κ2) is 5.50. The Bertz CT molecular complexity index is 310. The minimum Gasteiger partial charge on any atom is -0.353 e. The largest absolute Gasteiger partial charge is 0.353 e. The number of rotatable bonds is 4. The molecule has 0 saturated carbocycles. The zero-order chi connectivity index (χ0) is 11.4. The van der Waals surface area contributed by atoms with Gasteiger partial charge in [-0.1, -0.05) is 13.8 Å². The molecule has 1 rings (SSSR count). The van der Waals surface area contributed by atoms with Gasteiger partial charge in [0.1, 0.15) is 5.82 Å². The third kappa shape index (κ3) is 3.49. The molecule has 0 aliphatic heterocycles. The van der Waals surface area contributed by atoms with Gasteiger partial charge in [0.25, 0.3) is 0 Å². The third-order valence-electron chi connectivity index (χ3n) is 2.20. The van der Waals surface area contributed by atoms with Gasteiger partial charge in [-0.3, -0.25) is 0 Å². The maximum atomic E-state index is 4.43. The van der Waals surface area contributed by atoms with Gasteiger partial charge in [-0.25, -0.2) is 4.98 Å². The number of aromatic nitrogens is 1. The van der Waals surface area contributed by atoms with Crippen LogP contribution in [0.4, 0.5) is 5.82 Å². The Morgan fingerprint density at radius 1 is 1.33 bits per heavy atom. The van der Waals surface area contributed by atoms with Gasteiger partial charge in [0.15, 0.2) is 0 Å². The molecule has 15 heavy (non-hydrogen) atoms. The Labute approximate surface area is 101 Å². The molecule has 1 aromatic heterocycles. The summed E-state index contributed by atoms with van der Waals surface area (Å²) < 4.78 is 1.07. The fraction of sp³-hybridized carbons (Fsp3) is 0.583. The zero-order valence-corrected chi connectivity index (χ0v) is 11.5. The Morgan fingerprint density at radius 2 is 2.00 bits per heavy atom. The number of pyridine rings is 1. The van der Waals surface area contributed by atoms with Crippen molar-refractivity contribution in [3.05, 3.63) is 22.8 Å². The number of halogens is 1. The predicted molar refractivity (Wildman–Crippen MR) is 69.3 cm³/mol. The molecule has 0 aliphatic rings. The highest BCUT2D eigenvalue weighted by Crippen LogP contribution is 2.25. The summed E-state index contributed by atoms with van der Waals surface area (Å²) in [5, 5.41) is 0. The van der Waals surface area contributed by atoms with Gasteiger partial charge in [-0.2, -0.15) is 0 Å². The van der Waals surface area contributed by atoms with Gasteiger partial charge in [0.05, 0.1) is 4.47 Å². The van der Waals surface area contributed by atoms with Crippen molar-refractivity contribution < 1.29 is 0 Å². The summed E-state index contributed by atoms with van der Waals surface area (Å²) >= 11 is 3.55. The first-order valence-electron chi connectivity index (χ1n) is 5.39. The van der Waals surface area contributed by atoms with Crippen LogP contribution in [0.15, 0.2) is 22.8 Å². The summed E-state index contributed by atoms with van der Waals surface area (Å²) in [5.74, 6) is 1.68. The lowest BCUT2D eigenvalue weighted by Gasteiger charge is -2.30. The SMILES string of the molecule is CC(C)CN(c1ncccc1Br)C(C)C. The van der Waals surface area contributed by atoms with E-state index in [4.69, 9.17) is 0 Å². The first-order chi connectivity index (χ1) is 7.02. The van der Waals surface area contributed by atoms with Crippen molar-refractivity contribution in [2.75, 3.05) is 11.4 Å². The Hall–Kier alpha value is -0.570. The molecule has 84 valence electrons. The highest BCUT2D eigenvalue weighted by Gasteiger charge is 2.15. The molecule has 0 bridgehead atoms. The van der Waals surface area contributed by atoms with E-state index in [0.717, 1.165) is 16.8 Å². The van der Waals surface area contributed by atoms with Crippen LogP contribution in [0.1, 0.15) is 27.7 Å². The fourth-order valence-corrected chi connectivity index (χ4v) is 2.01. The van der Waals surface area contributed by atoms with Crippen molar-refractivity contribution in [2.24, 2.45) is 5.92 Å². The first-order valence-corrected chi connectivity index (χ1v) is 6.18. The van der Waals surface area contributed by atoms with Crippen molar-refractivity contribution in [1.82, 2.24) is 4.98 Å². The number of anilines is 1. The molecular formula is C12H19BrN2. The van der Waals surface area contributed by atoms with E-state index in [1.807, 2.05) is 18.3 Å². The minimum atomic E-state index is 0.471. The normalized spacial score (nSPS) is 11.1. The zero-order valence-electron chi connectivity index (χ0n) is 9.87. The van der Waals surface area contributed by atoms with E-state index in [1.165, 1.54) is 0 Å². The standard InChI is InChI=1S/C12H19BrN2/c1-9(2)8-15(10(3)4)12-11(13)6-5-7-14-12/h5-7,9-10H,8H2,1-4H3. The fourth-order valence-electron chi connectivity index (χ4n) is 1.52. The van der Waals surface area contributed by atoms with E-state index in [1.54, 1.807) is 0 Å². The van der Waals surface area contributed by atoms with Crippen LogP contribution in [0.25, 0.3) is 0 Å². The van der Waals surface area contributed by atoms with E-state index in [0.29, 0.717) is 12.0 Å². The van der Waals surface area contributed by atoms with Crippen LogP contribution in [-0.2, 0) is 0 Å². The van der Waals surface area contributed by atoms with Crippen molar-refractivity contribution in [2.45, 2.75) is 33.7 Å². The lowest BCUT2D eigenvalue weighted by Crippen LogP contribution is -2.35. The van der Waals surface area contributed by atoms with Crippen LogP contribution in [0, 0.1) is 5.92 Å². The van der Waals surface area contributed by atoms with Gasteiger partial charge in [-0.15, -0.1) is 0 Å². The second-order valence-corrected chi connectivity index (χ2v) is 5.30. The molecular weight excluding hydrogens is 252 g/mol. The maximum Gasteiger partial charge on any atom is 0.143 e. The third-order valence-corrected chi connectivity index (χ3v) is 2.82. The van der Waals surface area contributed by atoms with Crippen LogP contribution in [0.3, 0.4) is 0 Å². The molecule has 3 heteroatoms. The van der Waals surface area contributed by atoms with Crippen LogP contribution in [0.5, 0.6) is 0 Å². The van der Waals surface area contributed by atoms with Crippen molar-refractivity contribution in [3.63, 3.8) is 0 Å². The quantitative estimate of drug-likeness (QED) is 0.829. The van der Waals surface area contributed by atoms with E-state index in [-0.39, 0.29) is 0 Å². The highest BCUT2D eigenvalue weighted by molar-refractivity contribution is 9.10. The average Bonchev–Trinajstić information content (AvgIpc) is 2.15. The molecule has 0 fully saturated rings. The summed E-state index contributed by atoms with van der Waals surface area (Å²) in [7, 11) is 0. The summed E-state index contributed by atoms with van der Waals surface area (Å²) in [5.41, 5.74) is 0. The first kappa shape index (κ1) is 12.5. The number of nitrogens with zero attached hydrogens (tertiary/aromatic N) is 2. The van der Waals surface area contributed by atoms with Crippen molar-refractivity contribution in [3.8, 4) is 0 Å². The smallest absolute Gasteiger partial charge is 0.143 e. The van der Waals surface area contributed by atoms with Gasteiger partial charge in [0.2, 0.25) is 0 Å². The lowest BCUT2D eigenvalue weighted by atomic mass is 10.2. The molecule has 0 aliphatic carbocycles. The van der Waals surface area contributed by atoms with E-state index in [9.17, 15) is 0 Å². The highest BCUT2D eigenvalue weighted by atomic mass is 79.9. The van der Waals surface area contributed by atoms with Crippen LogP contribution in [-0.4, -0.2) is 17.6 Å².